The van der Waals surface area contributed by atoms with Crippen molar-refractivity contribution in [2.45, 2.75) is 32.6 Å². The van der Waals surface area contributed by atoms with Crippen LogP contribution in [0.3, 0.4) is 0 Å². The molecule has 1 nitrogen and oxygen atoms in total. The zero-order valence-electron chi connectivity index (χ0n) is 13.0. The monoisotopic (exact) mass is 353 g/mol. The molecule has 0 spiro atoms. The van der Waals surface area contributed by atoms with Gasteiger partial charge in [0.2, 0.25) is 0 Å². The van der Waals surface area contributed by atoms with Crippen LogP contribution in [-0.4, -0.2) is 4.98 Å². The summed E-state index contributed by atoms with van der Waals surface area (Å²) in [5, 5.41) is 1.28. The van der Waals surface area contributed by atoms with E-state index in [4.69, 9.17) is 4.98 Å². The molecule has 0 aliphatic rings. The van der Waals surface area contributed by atoms with E-state index < -0.39 is 0 Å². The summed E-state index contributed by atoms with van der Waals surface area (Å²) >= 11 is 3.65. The summed E-state index contributed by atoms with van der Waals surface area (Å²) in [5.74, 6) is 0.541. The lowest BCUT2D eigenvalue weighted by atomic mass is 9.92. The van der Waals surface area contributed by atoms with Crippen molar-refractivity contribution in [2.75, 3.05) is 0 Å². The molecular weight excluding hydrogens is 334 g/mol. The lowest BCUT2D eigenvalue weighted by molar-refractivity contribution is 0.669. The van der Waals surface area contributed by atoms with E-state index in [9.17, 15) is 0 Å². The van der Waals surface area contributed by atoms with E-state index in [0.717, 1.165) is 21.2 Å². The first-order valence-corrected chi connectivity index (χ1v) is 8.64. The minimum atomic E-state index is 0.541. The molecule has 0 fully saturated rings. The van der Waals surface area contributed by atoms with E-state index in [1.165, 1.54) is 23.8 Å². The quantitative estimate of drug-likeness (QED) is 0.516. The lowest BCUT2D eigenvalue weighted by Gasteiger charge is -2.16. The van der Waals surface area contributed by atoms with Crippen LogP contribution in [0.4, 0.5) is 0 Å². The molecule has 0 aliphatic heterocycles. The summed E-state index contributed by atoms with van der Waals surface area (Å²) in [6, 6.07) is 19.0. The van der Waals surface area contributed by atoms with E-state index in [2.05, 4.69) is 78.3 Å². The minimum absolute atomic E-state index is 0.541. The first-order chi connectivity index (χ1) is 10.7. The zero-order valence-corrected chi connectivity index (χ0v) is 14.6. The highest BCUT2D eigenvalue weighted by atomic mass is 79.9. The van der Waals surface area contributed by atoms with Crippen molar-refractivity contribution in [3.8, 4) is 11.3 Å². The Morgan fingerprint density at radius 1 is 1.05 bits per heavy atom. The fourth-order valence-electron chi connectivity index (χ4n) is 3.01. The van der Waals surface area contributed by atoms with Crippen molar-refractivity contribution in [1.82, 2.24) is 4.98 Å². The Labute approximate surface area is 140 Å². The van der Waals surface area contributed by atoms with Crippen LogP contribution in [-0.2, 0) is 0 Å². The number of hydrogen-bond donors (Lipinski definition) is 0. The molecule has 0 saturated carbocycles. The molecule has 0 saturated heterocycles. The topological polar surface area (TPSA) is 12.9 Å². The van der Waals surface area contributed by atoms with E-state index in [1.807, 2.05) is 6.07 Å². The van der Waals surface area contributed by atoms with Gasteiger partial charge in [0.1, 0.15) is 0 Å². The van der Waals surface area contributed by atoms with Crippen LogP contribution in [0.25, 0.3) is 22.2 Å². The summed E-state index contributed by atoms with van der Waals surface area (Å²) in [6.45, 7) is 4.56. The Morgan fingerprint density at radius 3 is 2.55 bits per heavy atom. The highest BCUT2D eigenvalue weighted by Gasteiger charge is 2.13. The molecule has 0 bridgehead atoms. The average molecular weight is 354 g/mol. The van der Waals surface area contributed by atoms with Crippen molar-refractivity contribution < 1.29 is 0 Å². The number of benzene rings is 2. The van der Waals surface area contributed by atoms with Crippen LogP contribution in [0.1, 0.15) is 38.2 Å². The number of pyridine rings is 1. The molecule has 1 unspecified atom stereocenters. The van der Waals surface area contributed by atoms with Crippen LogP contribution in [0, 0.1) is 0 Å². The maximum absolute atomic E-state index is 4.88. The summed E-state index contributed by atoms with van der Waals surface area (Å²) < 4.78 is 1.09. The number of fused-ring (bicyclic) bond motifs is 1. The van der Waals surface area contributed by atoms with Gasteiger partial charge in [-0.15, -0.1) is 0 Å². The van der Waals surface area contributed by atoms with Crippen molar-refractivity contribution in [3.05, 3.63) is 64.6 Å². The maximum Gasteiger partial charge on any atom is 0.0723 e. The highest BCUT2D eigenvalue weighted by Crippen LogP contribution is 2.34. The minimum Gasteiger partial charge on any atom is -0.248 e. The molecular formula is C20H20BrN. The number of hydrogen-bond acceptors (Lipinski definition) is 1. The second-order valence-electron chi connectivity index (χ2n) is 5.78. The Bertz CT molecular complexity index is 795. The summed E-state index contributed by atoms with van der Waals surface area (Å²) in [7, 11) is 0. The van der Waals surface area contributed by atoms with Gasteiger partial charge in [-0.3, -0.25) is 0 Å². The summed E-state index contributed by atoms with van der Waals surface area (Å²) in [5.41, 5.74) is 4.68. The van der Waals surface area contributed by atoms with Gasteiger partial charge in [-0.2, -0.15) is 0 Å². The predicted molar refractivity (Wildman–Crippen MR) is 98.2 cm³/mol. The molecule has 0 amide bonds. The molecule has 3 aromatic rings. The van der Waals surface area contributed by atoms with Crippen molar-refractivity contribution in [2.24, 2.45) is 0 Å². The van der Waals surface area contributed by atoms with Crippen LogP contribution in [0.2, 0.25) is 0 Å². The first kappa shape index (κ1) is 15.2. The number of nitrogens with zero attached hydrogens (tertiary/aromatic N) is 1. The van der Waals surface area contributed by atoms with Gasteiger partial charge in [0.15, 0.2) is 0 Å². The van der Waals surface area contributed by atoms with Gasteiger partial charge in [-0.05, 0) is 36.1 Å². The van der Waals surface area contributed by atoms with Gasteiger partial charge in [0, 0.05) is 15.4 Å². The molecule has 3 rings (SSSR count). The van der Waals surface area contributed by atoms with Gasteiger partial charge in [0.05, 0.1) is 11.2 Å². The van der Waals surface area contributed by atoms with E-state index in [0.29, 0.717) is 5.92 Å². The molecule has 0 aliphatic carbocycles. The maximum atomic E-state index is 4.88. The van der Waals surface area contributed by atoms with Gasteiger partial charge >= 0.3 is 0 Å². The van der Waals surface area contributed by atoms with Crippen LogP contribution < -0.4 is 0 Å². The third kappa shape index (κ3) is 2.93. The average Bonchev–Trinajstić information content (AvgIpc) is 2.54. The summed E-state index contributed by atoms with van der Waals surface area (Å²) in [6.07, 6.45) is 2.39. The van der Waals surface area contributed by atoms with Gasteiger partial charge in [-0.1, -0.05) is 72.6 Å². The SMILES string of the molecule is CCCC(C)c1cc(-c2ccccc2Br)nc2ccccc12. The molecule has 2 heteroatoms. The second-order valence-corrected chi connectivity index (χ2v) is 6.64. The van der Waals surface area contributed by atoms with Crippen molar-refractivity contribution in [1.29, 1.82) is 0 Å². The molecule has 0 radical (unpaired) electrons. The highest BCUT2D eigenvalue weighted by molar-refractivity contribution is 9.10. The zero-order chi connectivity index (χ0) is 15.5. The largest absolute Gasteiger partial charge is 0.248 e. The van der Waals surface area contributed by atoms with Crippen LogP contribution >= 0.6 is 15.9 Å². The van der Waals surface area contributed by atoms with E-state index in [1.54, 1.807) is 0 Å². The van der Waals surface area contributed by atoms with E-state index >= 15 is 0 Å². The molecule has 112 valence electrons. The smallest absolute Gasteiger partial charge is 0.0723 e. The molecule has 22 heavy (non-hydrogen) atoms. The van der Waals surface area contributed by atoms with Gasteiger partial charge in [-0.25, -0.2) is 4.98 Å². The molecule has 1 atom stereocenters. The van der Waals surface area contributed by atoms with E-state index in [-0.39, 0.29) is 0 Å². The number of halogens is 1. The first-order valence-electron chi connectivity index (χ1n) is 7.85. The molecule has 2 aromatic carbocycles. The van der Waals surface area contributed by atoms with Crippen molar-refractivity contribution in [3.63, 3.8) is 0 Å². The fourth-order valence-corrected chi connectivity index (χ4v) is 3.49. The van der Waals surface area contributed by atoms with Crippen molar-refractivity contribution >= 4 is 26.8 Å². The third-order valence-corrected chi connectivity index (χ3v) is 4.84. The molecule has 0 N–H and O–H groups in total. The predicted octanol–water partition coefficient (Wildman–Crippen LogP) is 6.57. The summed E-state index contributed by atoms with van der Waals surface area (Å²) in [4.78, 5) is 4.88. The Hall–Kier alpha value is -1.67. The number of para-hydroxylation sites is 1. The number of rotatable bonds is 4. The fraction of sp³-hybridized carbons (Fsp3) is 0.250. The van der Waals surface area contributed by atoms with Gasteiger partial charge in [0.25, 0.3) is 0 Å². The second kappa shape index (κ2) is 6.62. The third-order valence-electron chi connectivity index (χ3n) is 4.15. The van der Waals surface area contributed by atoms with Crippen LogP contribution in [0.15, 0.2) is 59.1 Å². The Balaban J connectivity index is 2.23. The normalized spacial score (nSPS) is 12.5. The Kier molecular flexibility index (Phi) is 4.58. The van der Waals surface area contributed by atoms with Crippen LogP contribution in [0.5, 0.6) is 0 Å². The standard InChI is InChI=1S/C20H20BrN/c1-3-8-14(2)17-13-20(16-10-4-6-11-18(16)21)22-19-12-7-5-9-15(17)19/h4-7,9-14H,3,8H2,1-2H3. The Morgan fingerprint density at radius 2 is 1.77 bits per heavy atom. The molecule has 1 aromatic heterocycles. The number of aromatic nitrogens is 1. The lowest BCUT2D eigenvalue weighted by Crippen LogP contribution is -1.98. The molecule has 1 heterocycles. The van der Waals surface area contributed by atoms with Gasteiger partial charge < -0.3 is 0 Å².